The Morgan fingerprint density at radius 2 is 1.68 bits per heavy atom. The van der Waals surface area contributed by atoms with Crippen LogP contribution in [0, 0.1) is 0 Å². The molecule has 1 N–H and O–H groups in total. The minimum atomic E-state index is -1.63. The van der Waals surface area contributed by atoms with Gasteiger partial charge in [-0.05, 0) is 43.0 Å². The molecule has 1 unspecified atom stereocenters. The van der Waals surface area contributed by atoms with E-state index in [0.29, 0.717) is 0 Å². The number of unbranched alkanes of at least 4 members (excludes halogenated alkanes) is 2. The van der Waals surface area contributed by atoms with Crippen molar-refractivity contribution < 1.29 is 9.53 Å². The Bertz CT molecular complexity index is 404. The monoisotopic (exact) mass is 320 g/mol. The number of aliphatic hydroxyl groups is 1. The summed E-state index contributed by atoms with van der Waals surface area (Å²) in [6.07, 6.45) is 7.42. The van der Waals surface area contributed by atoms with Crippen LogP contribution in [0.3, 0.4) is 0 Å². The molecule has 1 rings (SSSR count). The van der Waals surface area contributed by atoms with E-state index >= 15 is 0 Å². The summed E-state index contributed by atoms with van der Waals surface area (Å²) in [5.41, 5.74) is 1.24. The third-order valence-electron chi connectivity index (χ3n) is 4.53. The van der Waals surface area contributed by atoms with Gasteiger partial charge in [-0.2, -0.15) is 0 Å². The van der Waals surface area contributed by atoms with Gasteiger partial charge in [0.1, 0.15) is 0 Å². The van der Waals surface area contributed by atoms with Gasteiger partial charge in [-0.15, -0.1) is 0 Å². The fourth-order valence-electron chi connectivity index (χ4n) is 2.72. The number of benzene rings is 1. The molecule has 0 radical (unpaired) electrons. The molecule has 1 aromatic rings. The van der Waals surface area contributed by atoms with Gasteiger partial charge in [0.15, 0.2) is 8.32 Å². The van der Waals surface area contributed by atoms with Gasteiger partial charge < -0.3 is 9.53 Å². The molecule has 1 atom stereocenters. The van der Waals surface area contributed by atoms with Crippen molar-refractivity contribution in [3.63, 3.8) is 0 Å². The minimum Gasteiger partial charge on any atom is -0.407 e. The highest BCUT2D eigenvalue weighted by Gasteiger charge is 2.31. The van der Waals surface area contributed by atoms with E-state index in [9.17, 15) is 0 Å². The van der Waals surface area contributed by atoms with Crippen molar-refractivity contribution in [2.45, 2.75) is 64.3 Å². The Kier molecular flexibility index (Phi) is 9.36. The van der Waals surface area contributed by atoms with E-state index in [1.54, 1.807) is 0 Å². The Labute approximate surface area is 137 Å². The molecule has 22 heavy (non-hydrogen) atoms. The quantitative estimate of drug-likeness (QED) is 0.333. The smallest absolute Gasteiger partial charge is 0.193 e. The second-order valence-corrected chi connectivity index (χ2v) is 10.6. The predicted octanol–water partition coefficient (Wildman–Crippen LogP) is 5.47. The zero-order chi connectivity index (χ0) is 16.3. The van der Waals surface area contributed by atoms with Gasteiger partial charge in [-0.1, -0.05) is 63.3 Å². The molecule has 0 bridgehead atoms. The van der Waals surface area contributed by atoms with Crippen LogP contribution in [0.2, 0.25) is 18.1 Å². The average molecular weight is 321 g/mol. The fourth-order valence-corrected chi connectivity index (χ4v) is 5.48. The zero-order valence-corrected chi connectivity index (χ0v) is 15.4. The van der Waals surface area contributed by atoms with Crippen LogP contribution in [0.1, 0.15) is 51.7 Å². The van der Waals surface area contributed by atoms with E-state index in [0.717, 1.165) is 19.3 Å². The number of hydrogen-bond acceptors (Lipinski definition) is 2. The Hall–Kier alpha value is -0.903. The van der Waals surface area contributed by atoms with E-state index in [2.05, 4.69) is 63.3 Å². The molecule has 0 aliphatic carbocycles. The Balaban J connectivity index is 2.83. The zero-order valence-electron chi connectivity index (χ0n) is 14.4. The maximum absolute atomic E-state index is 8.86. The average Bonchev–Trinajstić information content (AvgIpc) is 2.59. The summed E-state index contributed by atoms with van der Waals surface area (Å²) in [7, 11) is -1.63. The molecule has 0 saturated carbocycles. The highest BCUT2D eigenvalue weighted by molar-refractivity contribution is 6.73. The van der Waals surface area contributed by atoms with Gasteiger partial charge >= 0.3 is 0 Å². The maximum Gasteiger partial charge on any atom is 0.193 e. The topological polar surface area (TPSA) is 29.5 Å². The number of aliphatic hydroxyl groups excluding tert-OH is 1. The van der Waals surface area contributed by atoms with Crippen LogP contribution in [0.25, 0.3) is 0 Å². The fraction of sp³-hybridized carbons (Fsp3) is 0.579. The van der Waals surface area contributed by atoms with Crippen molar-refractivity contribution in [1.82, 2.24) is 0 Å². The van der Waals surface area contributed by atoms with Crippen molar-refractivity contribution in [3.8, 4) is 0 Å². The lowest BCUT2D eigenvalue weighted by Crippen LogP contribution is -2.36. The summed E-state index contributed by atoms with van der Waals surface area (Å²) in [5, 5.41) is 8.86. The molecule has 1 aromatic carbocycles. The Morgan fingerprint density at radius 3 is 2.23 bits per heavy atom. The summed E-state index contributed by atoms with van der Waals surface area (Å²) in [4.78, 5) is 0. The summed E-state index contributed by atoms with van der Waals surface area (Å²) in [6, 6.07) is 14.0. The van der Waals surface area contributed by atoms with Crippen molar-refractivity contribution in [1.29, 1.82) is 0 Å². The SMILES string of the molecule is CC[Si](CC)(CC)OC(/C=C/CCCCO)c1ccccc1. The molecule has 0 aliphatic heterocycles. The molecule has 124 valence electrons. The number of allylic oxidation sites excluding steroid dienone is 1. The molecular weight excluding hydrogens is 288 g/mol. The largest absolute Gasteiger partial charge is 0.407 e. The summed E-state index contributed by atoms with van der Waals surface area (Å²) in [5.74, 6) is 0. The van der Waals surface area contributed by atoms with Gasteiger partial charge in [0.05, 0.1) is 6.10 Å². The van der Waals surface area contributed by atoms with Crippen molar-refractivity contribution in [2.75, 3.05) is 6.61 Å². The van der Waals surface area contributed by atoms with E-state index in [1.165, 1.54) is 23.7 Å². The molecule has 0 aliphatic rings. The lowest BCUT2D eigenvalue weighted by molar-refractivity contribution is 0.237. The maximum atomic E-state index is 8.86. The second kappa shape index (κ2) is 10.8. The summed E-state index contributed by atoms with van der Waals surface area (Å²) in [6.45, 7) is 7.09. The summed E-state index contributed by atoms with van der Waals surface area (Å²) >= 11 is 0. The third kappa shape index (κ3) is 6.07. The second-order valence-electron chi connectivity index (χ2n) is 5.84. The molecule has 0 spiro atoms. The van der Waals surface area contributed by atoms with E-state index in [4.69, 9.17) is 9.53 Å². The van der Waals surface area contributed by atoms with Crippen LogP contribution in [0.4, 0.5) is 0 Å². The molecule has 0 heterocycles. The molecular formula is C19H32O2Si. The van der Waals surface area contributed by atoms with E-state index in [1.807, 2.05) is 0 Å². The van der Waals surface area contributed by atoms with E-state index in [-0.39, 0.29) is 12.7 Å². The minimum absolute atomic E-state index is 0.0712. The normalized spacial score (nSPS) is 13.6. The van der Waals surface area contributed by atoms with Crippen molar-refractivity contribution in [2.24, 2.45) is 0 Å². The molecule has 2 nitrogen and oxygen atoms in total. The van der Waals surface area contributed by atoms with Gasteiger partial charge in [-0.25, -0.2) is 0 Å². The summed E-state index contributed by atoms with van der Waals surface area (Å²) < 4.78 is 6.68. The lowest BCUT2D eigenvalue weighted by Gasteiger charge is -2.32. The van der Waals surface area contributed by atoms with Gasteiger partial charge in [0.2, 0.25) is 0 Å². The highest BCUT2D eigenvalue weighted by atomic mass is 28.4. The number of hydrogen-bond donors (Lipinski definition) is 1. The van der Waals surface area contributed by atoms with Crippen LogP contribution in [0.15, 0.2) is 42.5 Å². The van der Waals surface area contributed by atoms with Crippen LogP contribution in [-0.2, 0) is 4.43 Å². The van der Waals surface area contributed by atoms with Crippen molar-refractivity contribution in [3.05, 3.63) is 48.0 Å². The van der Waals surface area contributed by atoms with Crippen LogP contribution < -0.4 is 0 Å². The van der Waals surface area contributed by atoms with E-state index < -0.39 is 8.32 Å². The van der Waals surface area contributed by atoms with Gasteiger partial charge in [0, 0.05) is 6.61 Å². The predicted molar refractivity (Wildman–Crippen MR) is 97.5 cm³/mol. The standard InChI is InChI=1S/C19H32O2Si/c1-4-22(5-2,6-3)21-19(16-12-7-8-13-17-20)18-14-10-9-11-15-18/h9-12,14-16,19-20H,4-8,13,17H2,1-3H3/b16-12+. The molecule has 3 heteroatoms. The first-order valence-corrected chi connectivity index (χ1v) is 11.2. The molecule has 0 aromatic heterocycles. The van der Waals surface area contributed by atoms with Crippen LogP contribution in [0.5, 0.6) is 0 Å². The first-order chi connectivity index (χ1) is 10.7. The first-order valence-electron chi connectivity index (χ1n) is 8.71. The highest BCUT2D eigenvalue weighted by Crippen LogP contribution is 2.30. The Morgan fingerprint density at radius 1 is 1.05 bits per heavy atom. The first kappa shape index (κ1) is 19.1. The van der Waals surface area contributed by atoms with Gasteiger partial charge in [0.25, 0.3) is 0 Å². The molecule has 0 saturated heterocycles. The molecule has 0 fully saturated rings. The van der Waals surface area contributed by atoms with Crippen LogP contribution >= 0.6 is 0 Å². The lowest BCUT2D eigenvalue weighted by atomic mass is 10.1. The van der Waals surface area contributed by atoms with Gasteiger partial charge in [-0.3, -0.25) is 0 Å². The van der Waals surface area contributed by atoms with Crippen molar-refractivity contribution >= 4 is 8.32 Å². The third-order valence-corrected chi connectivity index (χ3v) is 9.15. The number of rotatable bonds is 11. The van der Waals surface area contributed by atoms with Crippen LogP contribution in [-0.4, -0.2) is 20.0 Å². The molecule has 0 amide bonds.